The number of carbonyl (C=O) groups is 1. The summed E-state index contributed by atoms with van der Waals surface area (Å²) in [5.41, 5.74) is 0.835. The van der Waals surface area contributed by atoms with Crippen molar-refractivity contribution >= 4 is 21.6 Å². The summed E-state index contributed by atoms with van der Waals surface area (Å²) in [7, 11) is -3.71. The number of rotatable bonds is 6. The van der Waals surface area contributed by atoms with E-state index in [1.165, 1.54) is 24.3 Å². The normalized spacial score (nSPS) is 19.9. The summed E-state index contributed by atoms with van der Waals surface area (Å²) in [6.45, 7) is 1.55. The average Bonchev–Trinajstić information content (AvgIpc) is 3.05. The van der Waals surface area contributed by atoms with Gasteiger partial charge in [-0.15, -0.1) is 0 Å². The lowest BCUT2D eigenvalue weighted by Crippen LogP contribution is -2.34. The quantitative estimate of drug-likeness (QED) is 0.597. The predicted molar refractivity (Wildman–Crippen MR) is 98.4 cm³/mol. The molecule has 138 valence electrons. The first-order valence-corrected chi connectivity index (χ1v) is 9.79. The number of para-hydroxylation sites is 1. The van der Waals surface area contributed by atoms with Crippen molar-refractivity contribution in [1.29, 1.82) is 0 Å². The summed E-state index contributed by atoms with van der Waals surface area (Å²) in [6.07, 6.45) is -0.466. The van der Waals surface area contributed by atoms with E-state index in [1.807, 2.05) is 0 Å². The lowest BCUT2D eigenvalue weighted by molar-refractivity contribution is 0.0927. The largest absolute Gasteiger partial charge is 0.391 e. The van der Waals surface area contributed by atoms with Gasteiger partial charge in [0, 0.05) is 36.8 Å². The molecule has 0 aliphatic carbocycles. The van der Waals surface area contributed by atoms with Crippen LogP contribution in [0.2, 0.25) is 0 Å². The number of carbonyl (C=O) groups excluding carboxylic acids is 1. The lowest BCUT2D eigenvalue weighted by Gasteiger charge is -2.14. The molecule has 2 aromatic rings. The third kappa shape index (κ3) is 4.40. The molecule has 4 N–H and O–H groups in total. The Labute approximate surface area is 152 Å². The molecule has 8 heteroatoms. The SMILES string of the molecule is O=C(NCC1CNCC1O)c1ccc(S(=O)(=O)Nc2ccccc2)cc1. The number of aliphatic hydroxyl groups excluding tert-OH is 1. The van der Waals surface area contributed by atoms with Crippen LogP contribution in [0.3, 0.4) is 0 Å². The van der Waals surface area contributed by atoms with Gasteiger partial charge < -0.3 is 15.7 Å². The molecule has 2 atom stereocenters. The molecule has 1 amide bonds. The standard InChI is InChI=1S/C18H21N3O4S/c22-17-12-19-10-14(17)11-20-18(23)13-6-8-16(9-7-13)26(24,25)21-15-4-2-1-3-5-15/h1-9,14,17,19,21-22H,10-12H2,(H,20,23). The summed E-state index contributed by atoms with van der Waals surface area (Å²) in [5.74, 6) is -0.322. The highest BCUT2D eigenvalue weighted by Crippen LogP contribution is 2.16. The topological polar surface area (TPSA) is 108 Å². The molecule has 26 heavy (non-hydrogen) atoms. The molecule has 2 aromatic carbocycles. The molecule has 1 fully saturated rings. The molecule has 0 bridgehead atoms. The summed E-state index contributed by atoms with van der Waals surface area (Å²) in [5, 5.41) is 15.6. The Kier molecular flexibility index (Phi) is 5.55. The van der Waals surface area contributed by atoms with Crippen molar-refractivity contribution < 1.29 is 18.3 Å². The van der Waals surface area contributed by atoms with Crippen LogP contribution in [0.15, 0.2) is 59.5 Å². The number of hydrogen-bond donors (Lipinski definition) is 4. The van der Waals surface area contributed by atoms with Crippen molar-refractivity contribution in [3.8, 4) is 0 Å². The maximum absolute atomic E-state index is 12.4. The van der Waals surface area contributed by atoms with E-state index in [4.69, 9.17) is 0 Å². The molecule has 1 heterocycles. The average molecular weight is 375 g/mol. The molecule has 3 rings (SSSR count). The van der Waals surface area contributed by atoms with E-state index in [-0.39, 0.29) is 16.7 Å². The maximum Gasteiger partial charge on any atom is 0.261 e. The Hall–Kier alpha value is -2.42. The van der Waals surface area contributed by atoms with Crippen LogP contribution in [-0.4, -0.2) is 45.2 Å². The van der Waals surface area contributed by atoms with Crippen molar-refractivity contribution in [2.45, 2.75) is 11.0 Å². The van der Waals surface area contributed by atoms with Gasteiger partial charge in [-0.2, -0.15) is 0 Å². The Bertz CT molecular complexity index is 854. The monoisotopic (exact) mass is 375 g/mol. The molecule has 1 aliphatic heterocycles. The highest BCUT2D eigenvalue weighted by molar-refractivity contribution is 7.92. The van der Waals surface area contributed by atoms with Crippen LogP contribution in [-0.2, 0) is 10.0 Å². The van der Waals surface area contributed by atoms with Crippen LogP contribution in [0.25, 0.3) is 0 Å². The molecular weight excluding hydrogens is 354 g/mol. The third-order valence-corrected chi connectivity index (χ3v) is 5.68. The zero-order valence-electron chi connectivity index (χ0n) is 14.1. The van der Waals surface area contributed by atoms with E-state index in [0.717, 1.165) is 0 Å². The van der Waals surface area contributed by atoms with E-state index < -0.39 is 16.1 Å². The molecule has 0 aromatic heterocycles. The second kappa shape index (κ2) is 7.86. The van der Waals surface area contributed by atoms with Gasteiger partial charge in [0.15, 0.2) is 0 Å². The number of nitrogens with one attached hydrogen (secondary N) is 3. The Morgan fingerprint density at radius 3 is 2.38 bits per heavy atom. The van der Waals surface area contributed by atoms with Crippen LogP contribution >= 0.6 is 0 Å². The highest BCUT2D eigenvalue weighted by Gasteiger charge is 2.25. The van der Waals surface area contributed by atoms with Gasteiger partial charge in [-0.3, -0.25) is 9.52 Å². The summed E-state index contributed by atoms with van der Waals surface area (Å²) >= 11 is 0. The van der Waals surface area contributed by atoms with Crippen molar-refractivity contribution in [2.24, 2.45) is 5.92 Å². The van der Waals surface area contributed by atoms with Gasteiger partial charge >= 0.3 is 0 Å². The van der Waals surface area contributed by atoms with E-state index in [9.17, 15) is 18.3 Å². The van der Waals surface area contributed by atoms with E-state index in [2.05, 4.69) is 15.4 Å². The van der Waals surface area contributed by atoms with Crippen molar-refractivity contribution in [2.75, 3.05) is 24.4 Å². The first-order valence-electron chi connectivity index (χ1n) is 8.30. The molecule has 2 unspecified atom stereocenters. The van der Waals surface area contributed by atoms with E-state index in [1.54, 1.807) is 30.3 Å². The Morgan fingerprint density at radius 2 is 1.77 bits per heavy atom. The molecule has 0 radical (unpaired) electrons. The fourth-order valence-corrected chi connectivity index (χ4v) is 3.82. The zero-order chi connectivity index (χ0) is 18.6. The molecule has 1 saturated heterocycles. The summed E-state index contributed by atoms with van der Waals surface area (Å²) < 4.78 is 27.2. The van der Waals surface area contributed by atoms with Gasteiger partial charge in [0.25, 0.3) is 15.9 Å². The van der Waals surface area contributed by atoms with Crippen LogP contribution in [0, 0.1) is 5.92 Å². The number of aliphatic hydroxyl groups is 1. The summed E-state index contributed by atoms with van der Waals surface area (Å²) in [4.78, 5) is 12.3. The molecular formula is C18H21N3O4S. The van der Waals surface area contributed by atoms with E-state index >= 15 is 0 Å². The highest BCUT2D eigenvalue weighted by atomic mass is 32.2. The van der Waals surface area contributed by atoms with Gasteiger partial charge in [-0.25, -0.2) is 8.42 Å². The van der Waals surface area contributed by atoms with Gasteiger partial charge in [-0.05, 0) is 36.4 Å². The predicted octanol–water partition coefficient (Wildman–Crippen LogP) is 0.798. The Balaban J connectivity index is 1.63. The Morgan fingerprint density at radius 1 is 1.08 bits per heavy atom. The van der Waals surface area contributed by atoms with Crippen LogP contribution in [0.5, 0.6) is 0 Å². The van der Waals surface area contributed by atoms with Crippen LogP contribution in [0.1, 0.15) is 10.4 Å². The summed E-state index contributed by atoms with van der Waals surface area (Å²) in [6, 6.07) is 14.3. The van der Waals surface area contributed by atoms with Gasteiger partial charge in [-0.1, -0.05) is 18.2 Å². The number of benzene rings is 2. The maximum atomic E-state index is 12.4. The number of amides is 1. The molecule has 0 saturated carbocycles. The smallest absolute Gasteiger partial charge is 0.261 e. The lowest BCUT2D eigenvalue weighted by atomic mass is 10.1. The minimum absolute atomic E-state index is 0.0197. The fourth-order valence-electron chi connectivity index (χ4n) is 2.76. The third-order valence-electron chi connectivity index (χ3n) is 4.28. The second-order valence-corrected chi connectivity index (χ2v) is 7.87. The molecule has 0 spiro atoms. The minimum atomic E-state index is -3.71. The minimum Gasteiger partial charge on any atom is -0.391 e. The van der Waals surface area contributed by atoms with Gasteiger partial charge in [0.1, 0.15) is 0 Å². The first-order chi connectivity index (χ1) is 12.5. The fraction of sp³-hybridized carbons (Fsp3) is 0.278. The zero-order valence-corrected chi connectivity index (χ0v) is 14.9. The number of sulfonamides is 1. The second-order valence-electron chi connectivity index (χ2n) is 6.19. The van der Waals surface area contributed by atoms with Crippen LogP contribution < -0.4 is 15.4 Å². The first kappa shape index (κ1) is 18.4. The van der Waals surface area contributed by atoms with Crippen molar-refractivity contribution in [3.05, 3.63) is 60.2 Å². The van der Waals surface area contributed by atoms with Gasteiger partial charge in [0.2, 0.25) is 0 Å². The molecule has 7 nitrogen and oxygen atoms in total. The van der Waals surface area contributed by atoms with Crippen molar-refractivity contribution in [1.82, 2.24) is 10.6 Å². The number of hydrogen-bond acceptors (Lipinski definition) is 5. The molecule has 1 aliphatic rings. The van der Waals surface area contributed by atoms with E-state index in [0.29, 0.717) is 30.9 Å². The number of anilines is 1. The van der Waals surface area contributed by atoms with Crippen molar-refractivity contribution in [3.63, 3.8) is 0 Å². The van der Waals surface area contributed by atoms with Crippen LogP contribution in [0.4, 0.5) is 5.69 Å². The van der Waals surface area contributed by atoms with Gasteiger partial charge in [0.05, 0.1) is 11.0 Å². The number of β-amino-alcohol motifs (C(OH)–C–C–N with tert-alkyl or cyclic N) is 1.